The van der Waals surface area contributed by atoms with E-state index in [9.17, 15) is 4.79 Å². The minimum absolute atomic E-state index is 0.0283. The Bertz CT molecular complexity index is 691. The minimum atomic E-state index is -0.0283. The zero-order chi connectivity index (χ0) is 16.4. The molecule has 0 radical (unpaired) electrons. The summed E-state index contributed by atoms with van der Waals surface area (Å²) in [6.07, 6.45) is 3.62. The van der Waals surface area contributed by atoms with Crippen molar-refractivity contribution in [1.29, 1.82) is 0 Å². The van der Waals surface area contributed by atoms with E-state index < -0.39 is 0 Å². The SMILES string of the molecule is CNC(=O)c1ccc([C@H]2CCCCN2Cc2scnc2C)n1C. The quantitative estimate of drug-likeness (QED) is 0.936. The molecule has 0 saturated carbocycles. The summed E-state index contributed by atoms with van der Waals surface area (Å²) in [6, 6.07) is 4.40. The zero-order valence-corrected chi connectivity index (χ0v) is 14.8. The Hall–Kier alpha value is -1.66. The molecule has 23 heavy (non-hydrogen) atoms. The number of hydrogen-bond donors (Lipinski definition) is 1. The lowest BCUT2D eigenvalue weighted by atomic mass is 9.99. The topological polar surface area (TPSA) is 50.2 Å². The maximum Gasteiger partial charge on any atom is 0.267 e. The van der Waals surface area contributed by atoms with Crippen molar-refractivity contribution in [3.05, 3.63) is 39.6 Å². The highest BCUT2D eigenvalue weighted by molar-refractivity contribution is 7.09. The molecule has 1 amide bonds. The van der Waals surface area contributed by atoms with Gasteiger partial charge in [0.2, 0.25) is 0 Å². The Balaban J connectivity index is 1.85. The third-order valence-corrected chi connectivity index (χ3v) is 5.69. The molecular formula is C17H24N4OS. The molecule has 2 aromatic rings. The van der Waals surface area contributed by atoms with Gasteiger partial charge in [-0.1, -0.05) is 6.42 Å². The first-order valence-corrected chi connectivity index (χ1v) is 9.00. The molecule has 6 heteroatoms. The molecule has 2 aromatic heterocycles. The van der Waals surface area contributed by atoms with Gasteiger partial charge in [-0.25, -0.2) is 4.98 Å². The number of piperidine rings is 1. The van der Waals surface area contributed by atoms with E-state index >= 15 is 0 Å². The highest BCUT2D eigenvalue weighted by Gasteiger charge is 2.28. The summed E-state index contributed by atoms with van der Waals surface area (Å²) in [5.74, 6) is -0.0283. The van der Waals surface area contributed by atoms with Crippen molar-refractivity contribution < 1.29 is 4.79 Å². The maximum absolute atomic E-state index is 12.0. The molecule has 1 aliphatic rings. The monoisotopic (exact) mass is 332 g/mol. The normalized spacial score (nSPS) is 19.0. The van der Waals surface area contributed by atoms with Gasteiger partial charge in [0.15, 0.2) is 0 Å². The Morgan fingerprint density at radius 2 is 2.26 bits per heavy atom. The molecule has 0 bridgehead atoms. The lowest BCUT2D eigenvalue weighted by Gasteiger charge is -2.36. The molecule has 0 aliphatic carbocycles. The molecule has 0 aromatic carbocycles. The predicted molar refractivity (Wildman–Crippen MR) is 92.7 cm³/mol. The van der Waals surface area contributed by atoms with Crippen LogP contribution in [0.1, 0.15) is 52.1 Å². The molecular weight excluding hydrogens is 308 g/mol. The predicted octanol–water partition coefficient (Wildman–Crippen LogP) is 2.88. The smallest absolute Gasteiger partial charge is 0.267 e. The van der Waals surface area contributed by atoms with E-state index in [4.69, 9.17) is 0 Å². The average Bonchev–Trinajstić information content (AvgIpc) is 3.14. The van der Waals surface area contributed by atoms with Gasteiger partial charge in [0.1, 0.15) is 5.69 Å². The summed E-state index contributed by atoms with van der Waals surface area (Å²) in [4.78, 5) is 20.2. The van der Waals surface area contributed by atoms with E-state index in [0.717, 1.165) is 30.9 Å². The van der Waals surface area contributed by atoms with Crippen molar-refractivity contribution in [2.75, 3.05) is 13.6 Å². The van der Waals surface area contributed by atoms with Crippen molar-refractivity contribution in [3.8, 4) is 0 Å². The first kappa shape index (κ1) is 16.2. The van der Waals surface area contributed by atoms with Gasteiger partial charge in [-0.3, -0.25) is 9.69 Å². The van der Waals surface area contributed by atoms with Crippen LogP contribution in [-0.2, 0) is 13.6 Å². The van der Waals surface area contributed by atoms with Crippen molar-refractivity contribution in [3.63, 3.8) is 0 Å². The summed E-state index contributed by atoms with van der Waals surface area (Å²) < 4.78 is 2.04. The number of carbonyl (C=O) groups is 1. The Labute approximate surface area is 141 Å². The Kier molecular flexibility index (Phi) is 4.82. The number of carbonyl (C=O) groups excluding carboxylic acids is 1. The number of aromatic nitrogens is 2. The third-order valence-electron chi connectivity index (χ3n) is 4.77. The highest BCUT2D eigenvalue weighted by atomic mass is 32.1. The maximum atomic E-state index is 12.0. The van der Waals surface area contributed by atoms with E-state index in [0.29, 0.717) is 6.04 Å². The molecule has 3 rings (SSSR count). The van der Waals surface area contributed by atoms with Crippen LogP contribution in [0.3, 0.4) is 0 Å². The number of nitrogens with one attached hydrogen (secondary N) is 1. The van der Waals surface area contributed by atoms with Gasteiger partial charge in [-0.2, -0.15) is 0 Å². The second kappa shape index (κ2) is 6.84. The van der Waals surface area contributed by atoms with Crippen molar-refractivity contribution in [2.45, 2.75) is 38.8 Å². The molecule has 3 heterocycles. The van der Waals surface area contributed by atoms with Crippen molar-refractivity contribution >= 4 is 17.2 Å². The van der Waals surface area contributed by atoms with Crippen LogP contribution in [0.5, 0.6) is 0 Å². The second-order valence-corrected chi connectivity index (χ2v) is 7.06. The van der Waals surface area contributed by atoms with E-state index in [1.54, 1.807) is 18.4 Å². The summed E-state index contributed by atoms with van der Waals surface area (Å²) in [7, 11) is 3.67. The van der Waals surface area contributed by atoms with Crippen molar-refractivity contribution in [1.82, 2.24) is 19.8 Å². The molecule has 1 saturated heterocycles. The second-order valence-electron chi connectivity index (χ2n) is 6.12. The molecule has 1 fully saturated rings. The standard InChI is InChI=1S/C17H24N4OS/c1-12-16(23-11-19-12)10-21-9-5-4-6-14(21)13-7-8-15(20(13)3)17(22)18-2/h7-8,11,14H,4-6,9-10H2,1-3H3,(H,18,22)/t14-/m1/s1. The van der Waals surface area contributed by atoms with Gasteiger partial charge in [0.05, 0.1) is 17.2 Å². The third kappa shape index (κ3) is 3.19. The van der Waals surface area contributed by atoms with Crippen LogP contribution in [0.2, 0.25) is 0 Å². The van der Waals surface area contributed by atoms with Crippen LogP contribution in [0.15, 0.2) is 17.6 Å². The first-order chi connectivity index (χ1) is 11.1. The molecule has 1 atom stereocenters. The summed E-state index contributed by atoms with van der Waals surface area (Å²) >= 11 is 1.73. The van der Waals surface area contributed by atoms with Crippen LogP contribution < -0.4 is 5.32 Å². The number of amides is 1. The number of hydrogen-bond acceptors (Lipinski definition) is 4. The van der Waals surface area contributed by atoms with Crippen LogP contribution in [0, 0.1) is 6.92 Å². The van der Waals surface area contributed by atoms with E-state index in [1.807, 2.05) is 23.2 Å². The average molecular weight is 332 g/mol. The van der Waals surface area contributed by atoms with E-state index in [2.05, 4.69) is 28.2 Å². The van der Waals surface area contributed by atoms with Crippen LogP contribution in [0.4, 0.5) is 0 Å². The highest BCUT2D eigenvalue weighted by Crippen LogP contribution is 2.33. The van der Waals surface area contributed by atoms with Gasteiger partial charge in [-0.05, 0) is 38.4 Å². The fourth-order valence-corrected chi connectivity index (χ4v) is 4.20. The molecule has 0 unspecified atom stereocenters. The fourth-order valence-electron chi connectivity index (χ4n) is 3.40. The number of likely N-dealkylation sites (tertiary alicyclic amines) is 1. The van der Waals surface area contributed by atoms with Crippen molar-refractivity contribution in [2.24, 2.45) is 7.05 Å². The molecule has 124 valence electrons. The molecule has 1 N–H and O–H groups in total. The number of rotatable bonds is 4. The summed E-state index contributed by atoms with van der Waals surface area (Å²) in [5, 5.41) is 2.71. The van der Waals surface area contributed by atoms with Crippen LogP contribution in [-0.4, -0.2) is 34.0 Å². The first-order valence-electron chi connectivity index (χ1n) is 8.12. The van der Waals surface area contributed by atoms with Gasteiger partial charge in [-0.15, -0.1) is 11.3 Å². The molecule has 1 aliphatic heterocycles. The van der Waals surface area contributed by atoms with E-state index in [-0.39, 0.29) is 5.91 Å². The summed E-state index contributed by atoms with van der Waals surface area (Å²) in [6.45, 7) is 4.13. The van der Waals surface area contributed by atoms with Gasteiger partial charge in [0.25, 0.3) is 5.91 Å². The van der Waals surface area contributed by atoms with Crippen LogP contribution in [0.25, 0.3) is 0 Å². The number of nitrogens with zero attached hydrogens (tertiary/aromatic N) is 3. The lowest BCUT2D eigenvalue weighted by Crippen LogP contribution is -2.34. The zero-order valence-electron chi connectivity index (χ0n) is 14.0. The van der Waals surface area contributed by atoms with Gasteiger partial charge >= 0.3 is 0 Å². The largest absolute Gasteiger partial charge is 0.354 e. The minimum Gasteiger partial charge on any atom is -0.354 e. The Morgan fingerprint density at radius 1 is 1.43 bits per heavy atom. The number of aryl methyl sites for hydroxylation is 1. The van der Waals surface area contributed by atoms with E-state index in [1.165, 1.54) is 23.4 Å². The Morgan fingerprint density at radius 3 is 2.96 bits per heavy atom. The number of thiazole rings is 1. The van der Waals surface area contributed by atoms with Crippen LogP contribution >= 0.6 is 11.3 Å². The van der Waals surface area contributed by atoms with Gasteiger partial charge in [0, 0.05) is 31.2 Å². The molecule has 0 spiro atoms. The summed E-state index contributed by atoms with van der Waals surface area (Å²) in [5.41, 5.74) is 5.01. The van der Waals surface area contributed by atoms with Gasteiger partial charge < -0.3 is 9.88 Å². The molecule has 5 nitrogen and oxygen atoms in total. The fraction of sp³-hybridized carbons (Fsp3) is 0.529. The lowest BCUT2D eigenvalue weighted by molar-refractivity contribution is 0.0952.